The van der Waals surface area contributed by atoms with Crippen LogP contribution >= 0.6 is 0 Å². The first-order valence-electron chi connectivity index (χ1n) is 9.05. The number of amides is 2. The molecule has 1 heterocycles. The van der Waals surface area contributed by atoms with Gasteiger partial charge >= 0.3 is 5.97 Å². The van der Waals surface area contributed by atoms with Crippen LogP contribution in [0.1, 0.15) is 21.5 Å². The zero-order chi connectivity index (χ0) is 20.1. The van der Waals surface area contributed by atoms with Crippen LogP contribution in [0.5, 0.6) is 0 Å². The quantitative estimate of drug-likeness (QED) is 0.855. The molecule has 0 bridgehead atoms. The SMILES string of the molecule is O=C(O)c1cccc(CC(=O)N2CCN(C(=O)Cc3ccccc3F)CC2)c1. The molecule has 1 aliphatic rings. The number of carbonyl (C=O) groups is 3. The maximum Gasteiger partial charge on any atom is 0.335 e. The number of hydrogen-bond donors (Lipinski definition) is 1. The van der Waals surface area contributed by atoms with E-state index >= 15 is 0 Å². The molecule has 0 atom stereocenters. The van der Waals surface area contributed by atoms with Gasteiger partial charge in [0.25, 0.3) is 0 Å². The van der Waals surface area contributed by atoms with Gasteiger partial charge in [-0.3, -0.25) is 9.59 Å². The Morgan fingerprint density at radius 3 is 2.07 bits per heavy atom. The number of carbonyl (C=O) groups excluding carboxylic acids is 2. The molecule has 3 rings (SSSR count). The molecule has 7 heteroatoms. The van der Waals surface area contributed by atoms with Crippen LogP contribution in [-0.2, 0) is 22.4 Å². The fourth-order valence-electron chi connectivity index (χ4n) is 3.22. The largest absolute Gasteiger partial charge is 0.478 e. The summed E-state index contributed by atoms with van der Waals surface area (Å²) < 4.78 is 13.7. The van der Waals surface area contributed by atoms with Gasteiger partial charge in [0.05, 0.1) is 18.4 Å². The van der Waals surface area contributed by atoms with Crippen LogP contribution in [0.25, 0.3) is 0 Å². The first-order valence-corrected chi connectivity index (χ1v) is 9.05. The molecule has 2 aromatic rings. The highest BCUT2D eigenvalue weighted by Crippen LogP contribution is 2.12. The van der Waals surface area contributed by atoms with E-state index in [0.717, 1.165) is 0 Å². The van der Waals surface area contributed by atoms with Gasteiger partial charge in [-0.25, -0.2) is 9.18 Å². The lowest BCUT2D eigenvalue weighted by Gasteiger charge is -2.35. The van der Waals surface area contributed by atoms with Gasteiger partial charge in [-0.05, 0) is 29.3 Å². The van der Waals surface area contributed by atoms with Gasteiger partial charge in [0.1, 0.15) is 5.82 Å². The lowest BCUT2D eigenvalue weighted by atomic mass is 10.1. The van der Waals surface area contributed by atoms with Gasteiger partial charge in [0, 0.05) is 26.2 Å². The van der Waals surface area contributed by atoms with Crippen LogP contribution in [-0.4, -0.2) is 58.9 Å². The molecule has 0 spiro atoms. The molecule has 6 nitrogen and oxygen atoms in total. The topological polar surface area (TPSA) is 77.9 Å². The number of benzene rings is 2. The second-order valence-corrected chi connectivity index (χ2v) is 6.71. The maximum atomic E-state index is 13.7. The number of hydrogen-bond acceptors (Lipinski definition) is 3. The Balaban J connectivity index is 1.52. The molecule has 2 amide bonds. The van der Waals surface area contributed by atoms with Crippen LogP contribution < -0.4 is 0 Å². The summed E-state index contributed by atoms with van der Waals surface area (Å²) in [7, 11) is 0. The Hall–Kier alpha value is -3.22. The number of aromatic carboxylic acids is 1. The summed E-state index contributed by atoms with van der Waals surface area (Å²) >= 11 is 0. The summed E-state index contributed by atoms with van der Waals surface area (Å²) in [5.74, 6) is -1.69. The Morgan fingerprint density at radius 1 is 0.857 bits per heavy atom. The fourth-order valence-corrected chi connectivity index (χ4v) is 3.22. The minimum atomic E-state index is -1.03. The molecule has 1 N–H and O–H groups in total. The van der Waals surface area contributed by atoms with Crippen LogP contribution in [0.3, 0.4) is 0 Å². The van der Waals surface area contributed by atoms with E-state index < -0.39 is 11.8 Å². The lowest BCUT2D eigenvalue weighted by Crippen LogP contribution is -2.51. The number of carboxylic acid groups (broad SMARTS) is 1. The molecule has 1 fully saturated rings. The Bertz CT molecular complexity index is 891. The van der Waals surface area contributed by atoms with Gasteiger partial charge in [0.2, 0.25) is 11.8 Å². The highest BCUT2D eigenvalue weighted by Gasteiger charge is 2.24. The average Bonchev–Trinajstić information content (AvgIpc) is 2.70. The zero-order valence-electron chi connectivity index (χ0n) is 15.3. The summed E-state index contributed by atoms with van der Waals surface area (Å²) in [6.07, 6.45) is 0.118. The molecule has 146 valence electrons. The number of piperazine rings is 1. The van der Waals surface area contributed by atoms with Crippen LogP contribution in [0, 0.1) is 5.82 Å². The Kier molecular flexibility index (Phi) is 6.03. The second kappa shape index (κ2) is 8.65. The minimum absolute atomic E-state index is 0.00258. The van der Waals surface area contributed by atoms with Gasteiger partial charge in [-0.1, -0.05) is 30.3 Å². The van der Waals surface area contributed by atoms with Crippen LogP contribution in [0.4, 0.5) is 4.39 Å². The molecule has 2 aromatic carbocycles. The average molecular weight is 384 g/mol. The highest BCUT2D eigenvalue weighted by atomic mass is 19.1. The molecule has 1 aliphatic heterocycles. The van der Waals surface area contributed by atoms with Crippen molar-refractivity contribution in [1.82, 2.24) is 9.80 Å². The molecule has 0 radical (unpaired) electrons. The Morgan fingerprint density at radius 2 is 1.46 bits per heavy atom. The van der Waals surface area contributed by atoms with E-state index in [0.29, 0.717) is 37.3 Å². The van der Waals surface area contributed by atoms with Crippen molar-refractivity contribution in [1.29, 1.82) is 0 Å². The number of carboxylic acids is 1. The van der Waals surface area contributed by atoms with Crippen LogP contribution in [0.2, 0.25) is 0 Å². The summed E-state index contributed by atoms with van der Waals surface area (Å²) in [6.45, 7) is 1.60. The third kappa shape index (κ3) is 4.73. The number of rotatable bonds is 5. The van der Waals surface area contributed by atoms with Crippen molar-refractivity contribution < 1.29 is 23.9 Å². The molecular formula is C21H21FN2O4. The van der Waals surface area contributed by atoms with Crippen molar-refractivity contribution >= 4 is 17.8 Å². The molecule has 0 unspecified atom stereocenters. The highest BCUT2D eigenvalue weighted by molar-refractivity contribution is 5.88. The first kappa shape index (κ1) is 19.5. The summed E-state index contributed by atoms with van der Waals surface area (Å²) in [6, 6.07) is 12.5. The van der Waals surface area contributed by atoms with Gasteiger partial charge in [0.15, 0.2) is 0 Å². The second-order valence-electron chi connectivity index (χ2n) is 6.71. The monoisotopic (exact) mass is 384 g/mol. The maximum absolute atomic E-state index is 13.7. The zero-order valence-corrected chi connectivity index (χ0v) is 15.3. The first-order chi connectivity index (χ1) is 13.4. The standard InChI is InChI=1S/C21H21FN2O4/c22-18-7-2-1-5-16(18)14-20(26)24-10-8-23(9-11-24)19(25)13-15-4-3-6-17(12-15)21(27)28/h1-7,12H,8-11,13-14H2,(H,27,28). The van der Waals surface area contributed by atoms with E-state index in [1.165, 1.54) is 18.2 Å². The third-order valence-electron chi connectivity index (χ3n) is 4.81. The molecule has 0 aliphatic carbocycles. The molecule has 0 saturated carbocycles. The molecule has 1 saturated heterocycles. The number of nitrogens with zero attached hydrogens (tertiary/aromatic N) is 2. The molecule has 0 aromatic heterocycles. The smallest absolute Gasteiger partial charge is 0.335 e. The summed E-state index contributed by atoms with van der Waals surface area (Å²) in [5, 5.41) is 9.04. The normalized spacial score (nSPS) is 14.0. The van der Waals surface area contributed by atoms with Crippen molar-refractivity contribution in [2.45, 2.75) is 12.8 Å². The third-order valence-corrected chi connectivity index (χ3v) is 4.81. The van der Waals surface area contributed by atoms with Crippen molar-refractivity contribution in [3.8, 4) is 0 Å². The van der Waals surface area contributed by atoms with E-state index in [4.69, 9.17) is 5.11 Å². The van der Waals surface area contributed by atoms with Crippen molar-refractivity contribution in [3.63, 3.8) is 0 Å². The van der Waals surface area contributed by atoms with E-state index in [1.807, 2.05) is 0 Å². The van der Waals surface area contributed by atoms with Gasteiger partial charge in [-0.2, -0.15) is 0 Å². The van der Waals surface area contributed by atoms with Gasteiger partial charge < -0.3 is 14.9 Å². The lowest BCUT2D eigenvalue weighted by molar-refractivity contribution is -0.138. The van der Waals surface area contributed by atoms with Crippen LogP contribution in [0.15, 0.2) is 48.5 Å². The predicted molar refractivity (Wildman–Crippen MR) is 100 cm³/mol. The van der Waals surface area contributed by atoms with E-state index in [2.05, 4.69) is 0 Å². The minimum Gasteiger partial charge on any atom is -0.478 e. The van der Waals surface area contributed by atoms with E-state index in [1.54, 1.807) is 40.1 Å². The molecular weight excluding hydrogens is 363 g/mol. The molecule has 28 heavy (non-hydrogen) atoms. The number of halogens is 1. The Labute approximate surface area is 162 Å². The summed E-state index contributed by atoms with van der Waals surface area (Å²) in [4.78, 5) is 39.2. The van der Waals surface area contributed by atoms with Crippen molar-refractivity contribution in [3.05, 3.63) is 71.0 Å². The van der Waals surface area contributed by atoms with E-state index in [9.17, 15) is 18.8 Å². The van der Waals surface area contributed by atoms with Gasteiger partial charge in [-0.15, -0.1) is 0 Å². The van der Waals surface area contributed by atoms with E-state index in [-0.39, 0.29) is 30.2 Å². The predicted octanol–water partition coefficient (Wildman–Crippen LogP) is 1.98. The fraction of sp³-hybridized carbons (Fsp3) is 0.286. The van der Waals surface area contributed by atoms with Crippen molar-refractivity contribution in [2.24, 2.45) is 0 Å². The van der Waals surface area contributed by atoms with Crippen molar-refractivity contribution in [2.75, 3.05) is 26.2 Å². The summed E-state index contributed by atoms with van der Waals surface area (Å²) in [5.41, 5.74) is 1.15.